The van der Waals surface area contributed by atoms with E-state index in [4.69, 9.17) is 21.1 Å². The molecule has 154 valence electrons. The van der Waals surface area contributed by atoms with Crippen molar-refractivity contribution in [3.05, 3.63) is 76.2 Å². The largest absolute Gasteiger partial charge is 0.490 e. The average Bonchev–Trinajstić information content (AvgIpc) is 3.07. The summed E-state index contributed by atoms with van der Waals surface area (Å²) in [6, 6.07) is 12.1. The van der Waals surface area contributed by atoms with Crippen LogP contribution in [0.15, 0.2) is 65.0 Å². The SMILES string of the molecule is C=CCOc1c(Cl)cc(/C=C2\SC(=NC(=O)c3ccccc3)NC2=O)cc1OCC. The maximum absolute atomic E-state index is 12.3. The predicted molar refractivity (Wildman–Crippen MR) is 120 cm³/mol. The molecular weight excluding hydrogens is 424 g/mol. The number of aliphatic imine (C=N–C) groups is 1. The molecule has 0 bridgehead atoms. The normalized spacial score (nSPS) is 15.9. The molecule has 0 aliphatic carbocycles. The summed E-state index contributed by atoms with van der Waals surface area (Å²) in [5, 5.41) is 3.18. The van der Waals surface area contributed by atoms with Gasteiger partial charge in [-0.1, -0.05) is 42.5 Å². The second-order valence-corrected chi connectivity index (χ2v) is 7.45. The Morgan fingerprint density at radius 2 is 2.03 bits per heavy atom. The van der Waals surface area contributed by atoms with Crippen molar-refractivity contribution in [3.63, 3.8) is 0 Å². The van der Waals surface area contributed by atoms with Crippen LogP contribution in [0.4, 0.5) is 0 Å². The first kappa shape index (κ1) is 21.7. The van der Waals surface area contributed by atoms with Crippen LogP contribution in [0.25, 0.3) is 6.08 Å². The van der Waals surface area contributed by atoms with Crippen molar-refractivity contribution in [1.82, 2.24) is 5.32 Å². The van der Waals surface area contributed by atoms with Crippen molar-refractivity contribution < 1.29 is 19.1 Å². The van der Waals surface area contributed by atoms with Crippen LogP contribution in [0.1, 0.15) is 22.8 Å². The number of amidine groups is 1. The fraction of sp³-hybridized carbons (Fsp3) is 0.136. The number of ether oxygens (including phenoxy) is 2. The van der Waals surface area contributed by atoms with Gasteiger partial charge in [-0.25, -0.2) is 0 Å². The van der Waals surface area contributed by atoms with Crippen LogP contribution in [0.2, 0.25) is 5.02 Å². The first-order valence-corrected chi connectivity index (χ1v) is 10.3. The molecule has 30 heavy (non-hydrogen) atoms. The molecule has 0 saturated carbocycles. The quantitative estimate of drug-likeness (QED) is 0.496. The lowest BCUT2D eigenvalue weighted by atomic mass is 10.2. The van der Waals surface area contributed by atoms with E-state index in [2.05, 4.69) is 16.9 Å². The highest BCUT2D eigenvalue weighted by molar-refractivity contribution is 8.18. The topological polar surface area (TPSA) is 77.0 Å². The summed E-state index contributed by atoms with van der Waals surface area (Å²) in [5.74, 6) is 0.112. The van der Waals surface area contributed by atoms with Crippen LogP contribution in [-0.2, 0) is 4.79 Å². The van der Waals surface area contributed by atoms with Crippen molar-refractivity contribution in [2.24, 2.45) is 4.99 Å². The smallest absolute Gasteiger partial charge is 0.279 e. The third-order valence-electron chi connectivity index (χ3n) is 3.85. The van der Waals surface area contributed by atoms with Gasteiger partial charge in [0.05, 0.1) is 16.5 Å². The molecule has 0 atom stereocenters. The highest BCUT2D eigenvalue weighted by Gasteiger charge is 2.25. The van der Waals surface area contributed by atoms with E-state index in [0.29, 0.717) is 39.2 Å². The Bertz CT molecular complexity index is 1030. The van der Waals surface area contributed by atoms with Crippen molar-refractivity contribution in [2.75, 3.05) is 13.2 Å². The van der Waals surface area contributed by atoms with Gasteiger partial charge in [-0.3, -0.25) is 9.59 Å². The Labute approximate surface area is 183 Å². The van der Waals surface area contributed by atoms with Crippen LogP contribution >= 0.6 is 23.4 Å². The average molecular weight is 443 g/mol. The molecule has 0 radical (unpaired) electrons. The molecule has 0 aromatic heterocycles. The number of hydrogen-bond acceptors (Lipinski definition) is 5. The molecule has 2 aromatic rings. The van der Waals surface area contributed by atoms with Gasteiger partial charge in [-0.05, 0) is 54.6 Å². The molecule has 3 rings (SSSR count). The third kappa shape index (κ3) is 5.31. The van der Waals surface area contributed by atoms with Crippen molar-refractivity contribution >= 4 is 46.4 Å². The van der Waals surface area contributed by atoms with E-state index in [-0.39, 0.29) is 17.7 Å². The zero-order chi connectivity index (χ0) is 21.5. The van der Waals surface area contributed by atoms with E-state index in [1.54, 1.807) is 48.6 Å². The van der Waals surface area contributed by atoms with Gasteiger partial charge in [0.25, 0.3) is 11.8 Å². The lowest BCUT2D eigenvalue weighted by Gasteiger charge is -2.13. The molecule has 1 fully saturated rings. The number of thioether (sulfide) groups is 1. The maximum atomic E-state index is 12.3. The second-order valence-electron chi connectivity index (χ2n) is 6.02. The number of nitrogens with zero attached hydrogens (tertiary/aromatic N) is 1. The van der Waals surface area contributed by atoms with Crippen molar-refractivity contribution in [1.29, 1.82) is 0 Å². The monoisotopic (exact) mass is 442 g/mol. The minimum atomic E-state index is -0.426. The number of hydrogen-bond donors (Lipinski definition) is 1. The van der Waals surface area contributed by atoms with Gasteiger partial charge >= 0.3 is 0 Å². The highest BCUT2D eigenvalue weighted by Crippen LogP contribution is 2.38. The van der Waals surface area contributed by atoms with Crippen LogP contribution in [-0.4, -0.2) is 30.2 Å². The van der Waals surface area contributed by atoms with Gasteiger partial charge in [0.15, 0.2) is 16.7 Å². The lowest BCUT2D eigenvalue weighted by molar-refractivity contribution is -0.115. The number of amides is 2. The van der Waals surface area contributed by atoms with Crippen LogP contribution in [0.5, 0.6) is 11.5 Å². The molecule has 2 aromatic carbocycles. The third-order valence-corrected chi connectivity index (χ3v) is 5.04. The van der Waals surface area contributed by atoms with Gasteiger partial charge in [0.2, 0.25) is 0 Å². The zero-order valence-corrected chi connectivity index (χ0v) is 17.8. The first-order chi connectivity index (χ1) is 14.5. The van der Waals surface area contributed by atoms with Crippen LogP contribution < -0.4 is 14.8 Å². The van der Waals surface area contributed by atoms with Gasteiger partial charge < -0.3 is 14.8 Å². The summed E-state index contributed by atoms with van der Waals surface area (Å²) < 4.78 is 11.2. The molecule has 1 heterocycles. The molecule has 1 aliphatic heterocycles. The van der Waals surface area contributed by atoms with E-state index < -0.39 is 5.91 Å². The minimum Gasteiger partial charge on any atom is -0.490 e. The van der Waals surface area contributed by atoms with E-state index in [0.717, 1.165) is 11.8 Å². The van der Waals surface area contributed by atoms with Crippen molar-refractivity contribution in [3.8, 4) is 11.5 Å². The van der Waals surface area contributed by atoms with E-state index >= 15 is 0 Å². The molecule has 8 heteroatoms. The number of carbonyl (C=O) groups is 2. The summed E-state index contributed by atoms with van der Waals surface area (Å²) in [6.07, 6.45) is 3.26. The number of halogens is 1. The van der Waals surface area contributed by atoms with Gasteiger partial charge in [-0.15, -0.1) is 0 Å². The molecular formula is C22H19ClN2O4S. The summed E-state index contributed by atoms with van der Waals surface area (Å²) in [6.45, 7) is 6.18. The Hall–Kier alpha value is -3.03. The lowest BCUT2D eigenvalue weighted by Crippen LogP contribution is -2.20. The first-order valence-electron chi connectivity index (χ1n) is 9.10. The fourth-order valence-corrected chi connectivity index (χ4v) is 3.68. The summed E-state index contributed by atoms with van der Waals surface area (Å²) in [7, 11) is 0. The van der Waals surface area contributed by atoms with E-state index in [9.17, 15) is 9.59 Å². The van der Waals surface area contributed by atoms with E-state index in [1.807, 2.05) is 13.0 Å². The molecule has 1 N–H and O–H groups in total. The second kappa shape index (κ2) is 10.1. The van der Waals surface area contributed by atoms with Crippen LogP contribution in [0, 0.1) is 0 Å². The molecule has 6 nitrogen and oxygen atoms in total. The van der Waals surface area contributed by atoms with E-state index in [1.165, 1.54) is 0 Å². The van der Waals surface area contributed by atoms with Crippen LogP contribution in [0.3, 0.4) is 0 Å². The van der Waals surface area contributed by atoms with Gasteiger partial charge in [0.1, 0.15) is 6.61 Å². The molecule has 0 spiro atoms. The summed E-state index contributed by atoms with van der Waals surface area (Å²) >= 11 is 7.43. The highest BCUT2D eigenvalue weighted by atomic mass is 35.5. The van der Waals surface area contributed by atoms with Crippen molar-refractivity contribution in [2.45, 2.75) is 6.92 Å². The minimum absolute atomic E-state index is 0.224. The fourth-order valence-electron chi connectivity index (χ4n) is 2.59. The molecule has 0 unspecified atom stereocenters. The number of carbonyl (C=O) groups excluding carboxylic acids is 2. The molecule has 2 amide bonds. The molecule has 1 aliphatic rings. The number of nitrogens with one attached hydrogen (secondary N) is 1. The van der Waals surface area contributed by atoms with Gasteiger partial charge in [0, 0.05) is 5.56 Å². The molecule has 1 saturated heterocycles. The Morgan fingerprint density at radius 3 is 2.73 bits per heavy atom. The zero-order valence-electron chi connectivity index (χ0n) is 16.2. The van der Waals surface area contributed by atoms with Gasteiger partial charge in [-0.2, -0.15) is 4.99 Å². The number of benzene rings is 2. The predicted octanol–water partition coefficient (Wildman–Crippen LogP) is 4.70. The maximum Gasteiger partial charge on any atom is 0.279 e. The Kier molecular flexibility index (Phi) is 7.32. The Morgan fingerprint density at radius 1 is 1.27 bits per heavy atom. The summed E-state index contributed by atoms with van der Waals surface area (Å²) in [4.78, 5) is 28.9. The standard InChI is InChI=1S/C22H19ClN2O4S/c1-3-10-29-19-16(23)11-14(12-17(19)28-4-2)13-18-21(27)25-22(30-18)24-20(26)15-8-6-5-7-9-15/h3,5-9,11-13H,1,4,10H2,2H3,(H,24,25,26,27)/b18-13-. The number of rotatable bonds is 7. The summed E-state index contributed by atoms with van der Waals surface area (Å²) in [5.41, 5.74) is 1.10. The Balaban J connectivity index is 1.84.